The highest BCUT2D eigenvalue weighted by Gasteiger charge is 2.18. The summed E-state index contributed by atoms with van der Waals surface area (Å²) in [6, 6.07) is 10.1. The van der Waals surface area contributed by atoms with Crippen molar-refractivity contribution in [1.82, 2.24) is 19.5 Å². The normalized spacial score (nSPS) is 11.8. The number of carbonyl (C=O) groups is 1. The van der Waals surface area contributed by atoms with Crippen LogP contribution < -0.4 is 5.32 Å². The molecule has 28 heavy (non-hydrogen) atoms. The van der Waals surface area contributed by atoms with Gasteiger partial charge in [0, 0.05) is 36.1 Å². The molecule has 0 saturated heterocycles. The van der Waals surface area contributed by atoms with Gasteiger partial charge in [-0.1, -0.05) is 20.8 Å². The molecule has 0 spiro atoms. The van der Waals surface area contributed by atoms with Gasteiger partial charge in [0.2, 0.25) is 5.91 Å². The van der Waals surface area contributed by atoms with Crippen LogP contribution in [0.15, 0.2) is 48.9 Å². The van der Waals surface area contributed by atoms with Gasteiger partial charge in [0.1, 0.15) is 0 Å². The van der Waals surface area contributed by atoms with E-state index in [1.54, 1.807) is 12.4 Å². The molecule has 0 unspecified atom stereocenters. The lowest BCUT2D eigenvalue weighted by Crippen LogP contribution is -2.39. The van der Waals surface area contributed by atoms with Gasteiger partial charge in [-0.3, -0.25) is 9.78 Å². The minimum absolute atomic E-state index is 0.0133. The van der Waals surface area contributed by atoms with Crippen molar-refractivity contribution in [3.05, 3.63) is 60.2 Å². The van der Waals surface area contributed by atoms with Crippen LogP contribution in [0.2, 0.25) is 0 Å². The number of rotatable bonds is 6. The van der Waals surface area contributed by atoms with E-state index in [1.165, 1.54) is 0 Å². The fourth-order valence-corrected chi connectivity index (χ4v) is 3.04. The van der Waals surface area contributed by atoms with Crippen molar-refractivity contribution in [3.63, 3.8) is 0 Å². The molecular weight excluding hydrogens is 350 g/mol. The number of nitrogens with zero attached hydrogens (tertiary/aromatic N) is 4. The maximum absolute atomic E-state index is 12.8. The molecule has 0 radical (unpaired) electrons. The lowest BCUT2D eigenvalue weighted by molar-refractivity contribution is -0.131. The van der Waals surface area contributed by atoms with E-state index in [0.717, 1.165) is 22.5 Å². The third kappa shape index (κ3) is 4.68. The number of amides is 1. The molecule has 0 aromatic carbocycles. The smallest absolute Gasteiger partial charge is 0.242 e. The van der Waals surface area contributed by atoms with Crippen LogP contribution in [0, 0.1) is 0 Å². The average molecular weight is 380 g/mol. The van der Waals surface area contributed by atoms with Gasteiger partial charge in [0.05, 0.1) is 23.9 Å². The molecule has 1 N–H and O–H groups in total. The lowest BCUT2D eigenvalue weighted by atomic mass is 9.92. The number of hydrogen-bond acceptors (Lipinski definition) is 4. The van der Waals surface area contributed by atoms with Crippen LogP contribution in [-0.2, 0) is 16.8 Å². The Labute approximate surface area is 166 Å². The lowest BCUT2D eigenvalue weighted by Gasteiger charge is -2.27. The molecule has 0 aliphatic heterocycles. The van der Waals surface area contributed by atoms with Crippen LogP contribution in [0.4, 0.5) is 5.69 Å². The molecule has 3 aromatic heterocycles. The zero-order valence-corrected chi connectivity index (χ0v) is 17.3. The number of aromatic nitrogens is 3. The van der Waals surface area contributed by atoms with E-state index >= 15 is 0 Å². The van der Waals surface area contributed by atoms with E-state index in [9.17, 15) is 4.79 Å². The summed E-state index contributed by atoms with van der Waals surface area (Å²) in [6.07, 6.45) is 5.49. The van der Waals surface area contributed by atoms with Crippen LogP contribution in [-0.4, -0.2) is 38.0 Å². The van der Waals surface area contributed by atoms with Gasteiger partial charge in [0.25, 0.3) is 0 Å². The third-order valence-corrected chi connectivity index (χ3v) is 4.74. The summed E-state index contributed by atoms with van der Waals surface area (Å²) in [5.74, 6) is 0.0586. The van der Waals surface area contributed by atoms with E-state index in [4.69, 9.17) is 0 Å². The molecule has 148 valence electrons. The van der Waals surface area contributed by atoms with Crippen molar-refractivity contribution >= 4 is 17.1 Å². The van der Waals surface area contributed by atoms with Crippen molar-refractivity contribution in [3.8, 4) is 0 Å². The second kappa shape index (κ2) is 8.00. The van der Waals surface area contributed by atoms with E-state index in [0.29, 0.717) is 6.54 Å². The monoisotopic (exact) mass is 379 g/mol. The minimum Gasteiger partial charge on any atom is -0.375 e. The van der Waals surface area contributed by atoms with Gasteiger partial charge < -0.3 is 10.2 Å². The molecule has 6 heteroatoms. The highest BCUT2D eigenvalue weighted by Crippen LogP contribution is 2.21. The second-order valence-corrected chi connectivity index (χ2v) is 8.39. The number of fused-ring (bicyclic) bond motifs is 1. The zero-order valence-electron chi connectivity index (χ0n) is 17.3. The van der Waals surface area contributed by atoms with Gasteiger partial charge in [-0.05, 0) is 49.7 Å². The highest BCUT2D eigenvalue weighted by atomic mass is 16.2. The largest absolute Gasteiger partial charge is 0.375 e. The molecule has 3 aromatic rings. The quantitative estimate of drug-likeness (QED) is 0.706. The van der Waals surface area contributed by atoms with E-state index in [2.05, 4.69) is 42.2 Å². The van der Waals surface area contributed by atoms with E-state index < -0.39 is 0 Å². The third-order valence-electron chi connectivity index (χ3n) is 4.74. The van der Waals surface area contributed by atoms with Crippen molar-refractivity contribution < 1.29 is 4.79 Å². The maximum Gasteiger partial charge on any atom is 0.242 e. The van der Waals surface area contributed by atoms with Gasteiger partial charge in [-0.15, -0.1) is 0 Å². The standard InChI is InChI=1S/C22H29N5O/c1-16(2)26(15-17-9-11-27-19(12-17)8-10-25-27)21(28)14-23-18-6-7-20(24-13-18)22(3,4)5/h6-13,16,23H,14-15H2,1-5H3. The fourth-order valence-electron chi connectivity index (χ4n) is 3.04. The molecule has 0 saturated carbocycles. The topological polar surface area (TPSA) is 62.5 Å². The summed E-state index contributed by atoms with van der Waals surface area (Å²) in [7, 11) is 0. The summed E-state index contributed by atoms with van der Waals surface area (Å²) in [5, 5.41) is 7.42. The summed E-state index contributed by atoms with van der Waals surface area (Å²) < 4.78 is 1.82. The fraction of sp³-hybridized carbons (Fsp3) is 0.409. The summed E-state index contributed by atoms with van der Waals surface area (Å²) in [5.41, 5.74) is 4.01. The van der Waals surface area contributed by atoms with Crippen LogP contribution in [0.5, 0.6) is 0 Å². The first-order valence-corrected chi connectivity index (χ1v) is 9.66. The molecule has 0 aliphatic carbocycles. The predicted octanol–water partition coefficient (Wildman–Crippen LogP) is 3.88. The molecule has 6 nitrogen and oxygen atoms in total. The molecule has 0 atom stereocenters. The van der Waals surface area contributed by atoms with Crippen molar-refractivity contribution in [2.75, 3.05) is 11.9 Å². The highest BCUT2D eigenvalue weighted by molar-refractivity contribution is 5.81. The Balaban J connectivity index is 1.64. The minimum atomic E-state index is 0.0133. The Morgan fingerprint density at radius 2 is 2.00 bits per heavy atom. The molecule has 3 heterocycles. The Hall–Kier alpha value is -2.89. The average Bonchev–Trinajstić information content (AvgIpc) is 3.11. The first-order valence-electron chi connectivity index (χ1n) is 9.66. The number of anilines is 1. The van der Waals surface area contributed by atoms with E-state index in [1.807, 2.05) is 53.7 Å². The molecule has 3 rings (SSSR count). The van der Waals surface area contributed by atoms with Gasteiger partial charge in [-0.25, -0.2) is 4.52 Å². The number of carbonyl (C=O) groups excluding carboxylic acids is 1. The van der Waals surface area contributed by atoms with Gasteiger partial charge in [0.15, 0.2) is 0 Å². The summed E-state index contributed by atoms with van der Waals surface area (Å²) in [4.78, 5) is 19.2. The van der Waals surface area contributed by atoms with Crippen LogP contribution in [0.3, 0.4) is 0 Å². The predicted molar refractivity (Wildman–Crippen MR) is 112 cm³/mol. The first-order chi connectivity index (χ1) is 13.2. The van der Waals surface area contributed by atoms with Gasteiger partial charge in [-0.2, -0.15) is 5.10 Å². The Morgan fingerprint density at radius 1 is 1.21 bits per heavy atom. The van der Waals surface area contributed by atoms with Crippen molar-refractivity contribution in [2.45, 2.75) is 52.6 Å². The maximum atomic E-state index is 12.8. The molecular formula is C22H29N5O. The number of hydrogen-bond donors (Lipinski definition) is 1. The summed E-state index contributed by atoms with van der Waals surface area (Å²) >= 11 is 0. The van der Waals surface area contributed by atoms with Crippen molar-refractivity contribution in [1.29, 1.82) is 0 Å². The van der Waals surface area contributed by atoms with Crippen LogP contribution in [0.25, 0.3) is 5.52 Å². The van der Waals surface area contributed by atoms with Crippen LogP contribution in [0.1, 0.15) is 45.9 Å². The SMILES string of the molecule is CC(C)N(Cc1ccn2nccc2c1)C(=O)CNc1ccc(C(C)(C)C)nc1. The molecule has 1 amide bonds. The Kier molecular flexibility index (Phi) is 5.68. The van der Waals surface area contributed by atoms with Gasteiger partial charge >= 0.3 is 0 Å². The number of nitrogens with one attached hydrogen (secondary N) is 1. The molecule has 0 bridgehead atoms. The Morgan fingerprint density at radius 3 is 2.64 bits per heavy atom. The molecule has 0 aliphatic rings. The summed E-state index contributed by atoms with van der Waals surface area (Å²) in [6.45, 7) is 11.3. The Bertz CT molecular complexity index is 937. The first kappa shape index (κ1) is 19.9. The zero-order chi connectivity index (χ0) is 20.3. The molecule has 0 fully saturated rings. The van der Waals surface area contributed by atoms with Crippen molar-refractivity contribution in [2.24, 2.45) is 0 Å². The second-order valence-electron chi connectivity index (χ2n) is 8.39. The number of pyridine rings is 2. The van der Waals surface area contributed by atoms with E-state index in [-0.39, 0.29) is 23.9 Å². The van der Waals surface area contributed by atoms with Crippen LogP contribution >= 0.6 is 0 Å².